The van der Waals surface area contributed by atoms with Gasteiger partial charge in [-0.05, 0) is 63.8 Å². The topological polar surface area (TPSA) is 12.0 Å². The molecule has 0 aliphatic carbocycles. The number of aryl methyl sites for hydroxylation is 1. The molecular formula is C15H23BrFN. The fraction of sp³-hybridized carbons (Fsp3) is 0.600. The van der Waals surface area contributed by atoms with Crippen LogP contribution in [0.5, 0.6) is 0 Å². The van der Waals surface area contributed by atoms with Gasteiger partial charge in [0.05, 0.1) is 0 Å². The zero-order valence-corrected chi connectivity index (χ0v) is 13.3. The number of nitrogens with one attached hydrogen (secondary N) is 1. The van der Waals surface area contributed by atoms with Gasteiger partial charge in [-0.25, -0.2) is 4.39 Å². The molecule has 0 amide bonds. The second-order valence-electron chi connectivity index (χ2n) is 6.01. The van der Waals surface area contributed by atoms with Crippen LogP contribution in [0.15, 0.2) is 22.7 Å². The van der Waals surface area contributed by atoms with Crippen LogP contribution in [0.4, 0.5) is 4.39 Å². The van der Waals surface area contributed by atoms with Gasteiger partial charge in [0.1, 0.15) is 5.82 Å². The molecule has 1 rings (SSSR count). The van der Waals surface area contributed by atoms with Crippen LogP contribution in [-0.2, 0) is 6.42 Å². The van der Waals surface area contributed by atoms with Crippen molar-refractivity contribution in [2.24, 2.45) is 5.92 Å². The summed E-state index contributed by atoms with van der Waals surface area (Å²) in [4.78, 5) is 0. The summed E-state index contributed by atoms with van der Waals surface area (Å²) in [5, 5.41) is 3.51. The van der Waals surface area contributed by atoms with E-state index in [9.17, 15) is 4.39 Å². The van der Waals surface area contributed by atoms with E-state index >= 15 is 0 Å². The fourth-order valence-electron chi connectivity index (χ4n) is 1.71. The van der Waals surface area contributed by atoms with Gasteiger partial charge in [0.15, 0.2) is 0 Å². The van der Waals surface area contributed by atoms with Crippen LogP contribution in [0.3, 0.4) is 0 Å². The minimum absolute atomic E-state index is 0.171. The third-order valence-electron chi connectivity index (χ3n) is 2.90. The first-order chi connectivity index (χ1) is 8.28. The second kappa shape index (κ2) is 6.67. The van der Waals surface area contributed by atoms with Gasteiger partial charge in [0.2, 0.25) is 0 Å². The summed E-state index contributed by atoms with van der Waals surface area (Å²) in [6.07, 6.45) is 2.08. The molecule has 0 saturated heterocycles. The molecule has 1 N–H and O–H groups in total. The summed E-state index contributed by atoms with van der Waals surface area (Å²) in [5.74, 6) is 0.425. The van der Waals surface area contributed by atoms with Gasteiger partial charge in [-0.2, -0.15) is 0 Å². The number of halogens is 2. The molecule has 0 aliphatic heterocycles. The van der Waals surface area contributed by atoms with Gasteiger partial charge in [-0.15, -0.1) is 0 Å². The Morgan fingerprint density at radius 1 is 1.33 bits per heavy atom. The maximum Gasteiger partial charge on any atom is 0.124 e. The molecule has 0 bridgehead atoms. The Labute approximate surface area is 118 Å². The van der Waals surface area contributed by atoms with E-state index in [1.54, 1.807) is 0 Å². The molecule has 102 valence electrons. The molecule has 1 atom stereocenters. The van der Waals surface area contributed by atoms with E-state index in [1.807, 2.05) is 6.07 Å². The van der Waals surface area contributed by atoms with Crippen molar-refractivity contribution in [3.05, 3.63) is 34.1 Å². The highest BCUT2D eigenvalue weighted by molar-refractivity contribution is 9.10. The fourth-order valence-corrected chi connectivity index (χ4v) is 2.26. The average molecular weight is 316 g/mol. The molecule has 0 aromatic heterocycles. The molecule has 0 radical (unpaired) electrons. The molecule has 0 spiro atoms. The van der Waals surface area contributed by atoms with Crippen molar-refractivity contribution in [1.29, 1.82) is 0 Å². The number of rotatable bonds is 5. The third kappa shape index (κ3) is 5.96. The van der Waals surface area contributed by atoms with E-state index in [2.05, 4.69) is 48.9 Å². The average Bonchev–Trinajstić information content (AvgIpc) is 2.24. The largest absolute Gasteiger partial charge is 0.312 e. The highest BCUT2D eigenvalue weighted by atomic mass is 79.9. The SMILES string of the molecule is CC(CCc1ccc(F)cc1Br)CNC(C)(C)C. The Morgan fingerprint density at radius 2 is 2.00 bits per heavy atom. The quantitative estimate of drug-likeness (QED) is 0.840. The summed E-state index contributed by atoms with van der Waals surface area (Å²) in [6, 6.07) is 4.93. The summed E-state index contributed by atoms with van der Waals surface area (Å²) >= 11 is 3.41. The summed E-state index contributed by atoms with van der Waals surface area (Å²) in [5.41, 5.74) is 1.35. The Kier molecular flexibility index (Phi) is 5.80. The second-order valence-corrected chi connectivity index (χ2v) is 6.86. The maximum absolute atomic E-state index is 13.0. The number of benzene rings is 1. The Hall–Kier alpha value is -0.410. The highest BCUT2D eigenvalue weighted by Crippen LogP contribution is 2.21. The van der Waals surface area contributed by atoms with Gasteiger partial charge in [-0.3, -0.25) is 0 Å². The summed E-state index contributed by atoms with van der Waals surface area (Å²) in [7, 11) is 0. The summed E-state index contributed by atoms with van der Waals surface area (Å²) in [6.45, 7) is 9.79. The van der Waals surface area contributed by atoms with Crippen LogP contribution >= 0.6 is 15.9 Å². The van der Waals surface area contributed by atoms with Gasteiger partial charge in [-0.1, -0.05) is 28.9 Å². The number of hydrogen-bond acceptors (Lipinski definition) is 1. The van der Waals surface area contributed by atoms with Crippen molar-refractivity contribution in [3.8, 4) is 0 Å². The molecular weight excluding hydrogens is 293 g/mol. The third-order valence-corrected chi connectivity index (χ3v) is 3.64. The lowest BCUT2D eigenvalue weighted by Crippen LogP contribution is -2.38. The normalized spacial score (nSPS) is 13.7. The first kappa shape index (κ1) is 15.6. The molecule has 0 saturated carbocycles. The minimum atomic E-state index is -0.187. The lowest BCUT2D eigenvalue weighted by Gasteiger charge is -2.23. The molecule has 1 nitrogen and oxygen atoms in total. The molecule has 0 fully saturated rings. The van der Waals surface area contributed by atoms with E-state index in [0.717, 1.165) is 23.9 Å². The van der Waals surface area contributed by atoms with E-state index in [-0.39, 0.29) is 11.4 Å². The van der Waals surface area contributed by atoms with Crippen LogP contribution in [0.2, 0.25) is 0 Å². The van der Waals surface area contributed by atoms with E-state index in [1.165, 1.54) is 17.7 Å². The molecule has 1 aromatic rings. The predicted molar refractivity (Wildman–Crippen MR) is 79.3 cm³/mol. The van der Waals surface area contributed by atoms with E-state index in [4.69, 9.17) is 0 Å². The molecule has 0 aliphatic rings. The van der Waals surface area contributed by atoms with Crippen LogP contribution in [0.25, 0.3) is 0 Å². The van der Waals surface area contributed by atoms with Crippen molar-refractivity contribution in [1.82, 2.24) is 5.32 Å². The Bertz CT molecular complexity index is 385. The van der Waals surface area contributed by atoms with Gasteiger partial charge >= 0.3 is 0 Å². The monoisotopic (exact) mass is 315 g/mol. The highest BCUT2D eigenvalue weighted by Gasteiger charge is 2.11. The molecule has 0 heterocycles. The van der Waals surface area contributed by atoms with Crippen LogP contribution in [0.1, 0.15) is 39.7 Å². The van der Waals surface area contributed by atoms with Gasteiger partial charge < -0.3 is 5.32 Å². The lowest BCUT2D eigenvalue weighted by atomic mass is 9.99. The standard InChI is InChI=1S/C15H23BrFN/c1-11(10-18-15(2,3)4)5-6-12-7-8-13(17)9-14(12)16/h7-9,11,18H,5-6,10H2,1-4H3. The molecule has 3 heteroatoms. The lowest BCUT2D eigenvalue weighted by molar-refractivity contribution is 0.372. The first-order valence-electron chi connectivity index (χ1n) is 6.47. The van der Waals surface area contributed by atoms with E-state index < -0.39 is 0 Å². The van der Waals surface area contributed by atoms with Crippen molar-refractivity contribution < 1.29 is 4.39 Å². The predicted octanol–water partition coefficient (Wildman–Crippen LogP) is 4.55. The molecule has 1 aromatic carbocycles. The van der Waals surface area contributed by atoms with Crippen LogP contribution in [0, 0.1) is 11.7 Å². The number of hydrogen-bond donors (Lipinski definition) is 1. The zero-order valence-electron chi connectivity index (χ0n) is 11.7. The Balaban J connectivity index is 2.40. The van der Waals surface area contributed by atoms with Crippen molar-refractivity contribution in [2.75, 3.05) is 6.54 Å². The van der Waals surface area contributed by atoms with Gasteiger partial charge in [0.25, 0.3) is 0 Å². The van der Waals surface area contributed by atoms with Crippen molar-refractivity contribution in [3.63, 3.8) is 0 Å². The minimum Gasteiger partial charge on any atom is -0.312 e. The maximum atomic E-state index is 13.0. The van der Waals surface area contributed by atoms with Crippen LogP contribution < -0.4 is 5.32 Å². The summed E-state index contributed by atoms with van der Waals surface area (Å²) < 4.78 is 13.8. The zero-order chi connectivity index (χ0) is 13.8. The smallest absolute Gasteiger partial charge is 0.124 e. The molecule has 18 heavy (non-hydrogen) atoms. The van der Waals surface area contributed by atoms with E-state index in [0.29, 0.717) is 5.92 Å². The Morgan fingerprint density at radius 3 is 2.56 bits per heavy atom. The first-order valence-corrected chi connectivity index (χ1v) is 7.26. The van der Waals surface area contributed by atoms with Crippen LogP contribution in [-0.4, -0.2) is 12.1 Å². The molecule has 1 unspecified atom stereocenters. The van der Waals surface area contributed by atoms with Crippen molar-refractivity contribution >= 4 is 15.9 Å². The van der Waals surface area contributed by atoms with Gasteiger partial charge in [0, 0.05) is 10.0 Å². The van der Waals surface area contributed by atoms with Crippen molar-refractivity contribution in [2.45, 2.75) is 46.1 Å².